The lowest BCUT2D eigenvalue weighted by Crippen LogP contribution is -2.26. The number of hydrogen-bond acceptors (Lipinski definition) is 3. The predicted molar refractivity (Wildman–Crippen MR) is 64.3 cm³/mol. The molecule has 0 heterocycles. The quantitative estimate of drug-likeness (QED) is 0.775. The molecule has 0 aliphatic heterocycles. The summed E-state index contributed by atoms with van der Waals surface area (Å²) >= 11 is 0. The SMILES string of the molecule is CCCCNS(=O)(=O)c1ccc(F)c(CN)c1F. The lowest BCUT2D eigenvalue weighted by atomic mass is 10.2. The number of benzene rings is 1. The molecule has 7 heteroatoms. The number of unbranched alkanes of at least 4 members (excludes halogenated alkanes) is 1. The molecule has 4 nitrogen and oxygen atoms in total. The van der Waals surface area contributed by atoms with Gasteiger partial charge in [0.1, 0.15) is 10.7 Å². The third-order valence-corrected chi connectivity index (χ3v) is 3.95. The highest BCUT2D eigenvalue weighted by atomic mass is 32.2. The van der Waals surface area contributed by atoms with Gasteiger partial charge >= 0.3 is 0 Å². The van der Waals surface area contributed by atoms with E-state index in [9.17, 15) is 17.2 Å². The van der Waals surface area contributed by atoms with Crippen LogP contribution in [0.15, 0.2) is 17.0 Å². The largest absolute Gasteiger partial charge is 0.326 e. The monoisotopic (exact) mass is 278 g/mol. The molecular weight excluding hydrogens is 262 g/mol. The fourth-order valence-electron chi connectivity index (χ4n) is 1.43. The Labute approximate surface area is 105 Å². The molecule has 0 saturated carbocycles. The van der Waals surface area contributed by atoms with Crippen molar-refractivity contribution in [3.63, 3.8) is 0 Å². The van der Waals surface area contributed by atoms with E-state index in [1.54, 1.807) is 0 Å². The van der Waals surface area contributed by atoms with E-state index < -0.39 is 38.7 Å². The van der Waals surface area contributed by atoms with Crippen molar-refractivity contribution in [2.24, 2.45) is 5.73 Å². The van der Waals surface area contributed by atoms with Crippen molar-refractivity contribution >= 4 is 10.0 Å². The zero-order chi connectivity index (χ0) is 13.8. The summed E-state index contributed by atoms with van der Waals surface area (Å²) in [4.78, 5) is -0.569. The highest BCUT2D eigenvalue weighted by molar-refractivity contribution is 7.89. The molecule has 3 N–H and O–H groups in total. The fraction of sp³-hybridized carbons (Fsp3) is 0.455. The molecule has 1 aromatic carbocycles. The van der Waals surface area contributed by atoms with Gasteiger partial charge in [-0.05, 0) is 18.6 Å². The van der Waals surface area contributed by atoms with Crippen molar-refractivity contribution in [1.82, 2.24) is 4.72 Å². The lowest BCUT2D eigenvalue weighted by Gasteiger charge is -2.10. The van der Waals surface area contributed by atoms with Gasteiger partial charge in [-0.3, -0.25) is 0 Å². The van der Waals surface area contributed by atoms with Crippen LogP contribution in [0.2, 0.25) is 0 Å². The highest BCUT2D eigenvalue weighted by Gasteiger charge is 2.22. The van der Waals surface area contributed by atoms with Gasteiger partial charge in [-0.2, -0.15) is 0 Å². The van der Waals surface area contributed by atoms with Crippen LogP contribution in [0.4, 0.5) is 8.78 Å². The van der Waals surface area contributed by atoms with Crippen LogP contribution in [0, 0.1) is 11.6 Å². The van der Waals surface area contributed by atoms with Gasteiger partial charge in [-0.25, -0.2) is 21.9 Å². The summed E-state index contributed by atoms with van der Waals surface area (Å²) in [7, 11) is -3.96. The Morgan fingerprint density at radius 2 is 2.00 bits per heavy atom. The first-order chi connectivity index (χ1) is 8.44. The van der Waals surface area contributed by atoms with Crippen molar-refractivity contribution in [3.05, 3.63) is 29.3 Å². The van der Waals surface area contributed by atoms with Gasteiger partial charge in [0.2, 0.25) is 10.0 Å². The van der Waals surface area contributed by atoms with Crippen molar-refractivity contribution in [2.45, 2.75) is 31.2 Å². The molecule has 0 bridgehead atoms. The Balaban J connectivity index is 3.10. The Morgan fingerprint density at radius 1 is 1.33 bits per heavy atom. The molecular formula is C11H16F2N2O2S. The van der Waals surface area contributed by atoms with Gasteiger partial charge in [-0.15, -0.1) is 0 Å². The third-order valence-electron chi connectivity index (χ3n) is 2.47. The minimum Gasteiger partial charge on any atom is -0.326 e. The minimum absolute atomic E-state index is 0.216. The van der Waals surface area contributed by atoms with Crippen LogP contribution in [0.1, 0.15) is 25.3 Å². The van der Waals surface area contributed by atoms with Crippen LogP contribution in [0.25, 0.3) is 0 Å². The first-order valence-corrected chi connectivity index (χ1v) is 7.09. The van der Waals surface area contributed by atoms with Crippen molar-refractivity contribution in [3.8, 4) is 0 Å². The standard InChI is InChI=1S/C11H16F2N2O2S/c1-2-3-6-15-18(16,17)10-5-4-9(12)8(7-14)11(10)13/h4-5,15H,2-3,6-7,14H2,1H3. The summed E-state index contributed by atoms with van der Waals surface area (Å²) in [6, 6.07) is 1.80. The van der Waals surface area contributed by atoms with E-state index in [2.05, 4.69) is 4.72 Å². The number of hydrogen-bond donors (Lipinski definition) is 2. The summed E-state index contributed by atoms with van der Waals surface area (Å²) in [6.07, 6.45) is 1.45. The molecule has 0 unspecified atom stereocenters. The van der Waals surface area contributed by atoms with E-state index in [-0.39, 0.29) is 6.54 Å². The molecule has 0 aliphatic rings. The Hall–Kier alpha value is -1.05. The average Bonchev–Trinajstić information content (AvgIpc) is 2.29. The number of nitrogens with one attached hydrogen (secondary N) is 1. The Kier molecular flexibility index (Phi) is 5.18. The summed E-state index contributed by atoms with van der Waals surface area (Å²) in [5.74, 6) is -1.97. The Morgan fingerprint density at radius 3 is 2.56 bits per heavy atom. The summed E-state index contributed by atoms with van der Waals surface area (Å²) in [6.45, 7) is 1.73. The zero-order valence-electron chi connectivity index (χ0n) is 10.0. The molecule has 0 fully saturated rings. The van der Waals surface area contributed by atoms with E-state index in [4.69, 9.17) is 5.73 Å². The van der Waals surface area contributed by atoms with Crippen LogP contribution < -0.4 is 10.5 Å². The summed E-state index contributed by atoms with van der Waals surface area (Å²) < 4.78 is 52.8. The van der Waals surface area contributed by atoms with Gasteiger partial charge in [-0.1, -0.05) is 13.3 Å². The zero-order valence-corrected chi connectivity index (χ0v) is 10.9. The number of rotatable bonds is 6. The van der Waals surface area contributed by atoms with Crippen LogP contribution in [-0.4, -0.2) is 15.0 Å². The summed E-state index contributed by atoms with van der Waals surface area (Å²) in [5.41, 5.74) is 4.77. The molecule has 0 aromatic heterocycles. The normalized spacial score (nSPS) is 11.8. The molecule has 0 atom stereocenters. The second-order valence-corrected chi connectivity index (χ2v) is 5.53. The van der Waals surface area contributed by atoms with E-state index in [0.29, 0.717) is 6.42 Å². The number of nitrogens with two attached hydrogens (primary N) is 1. The molecule has 0 saturated heterocycles. The van der Waals surface area contributed by atoms with Gasteiger partial charge in [0.05, 0.1) is 0 Å². The fourth-order valence-corrected chi connectivity index (χ4v) is 2.61. The molecule has 18 heavy (non-hydrogen) atoms. The number of halogens is 2. The van der Waals surface area contributed by atoms with Crippen LogP contribution in [0.5, 0.6) is 0 Å². The average molecular weight is 278 g/mol. The van der Waals surface area contributed by atoms with E-state index in [0.717, 1.165) is 18.6 Å². The van der Waals surface area contributed by atoms with Crippen LogP contribution in [0.3, 0.4) is 0 Å². The maximum Gasteiger partial charge on any atom is 0.243 e. The van der Waals surface area contributed by atoms with Crippen LogP contribution >= 0.6 is 0 Å². The van der Waals surface area contributed by atoms with Gasteiger partial charge in [0, 0.05) is 18.7 Å². The van der Waals surface area contributed by atoms with Crippen LogP contribution in [-0.2, 0) is 16.6 Å². The minimum atomic E-state index is -3.96. The molecule has 102 valence electrons. The topological polar surface area (TPSA) is 72.2 Å². The molecule has 0 aliphatic carbocycles. The summed E-state index contributed by atoms with van der Waals surface area (Å²) in [5, 5.41) is 0. The molecule has 0 spiro atoms. The first-order valence-electron chi connectivity index (χ1n) is 5.60. The lowest BCUT2D eigenvalue weighted by molar-refractivity contribution is 0.525. The maximum atomic E-state index is 13.8. The van der Waals surface area contributed by atoms with Gasteiger partial charge in [0.15, 0.2) is 5.82 Å². The second kappa shape index (κ2) is 6.21. The Bertz CT molecular complexity index is 518. The molecule has 0 amide bonds. The van der Waals surface area contributed by atoms with Crippen molar-refractivity contribution in [2.75, 3.05) is 6.54 Å². The van der Waals surface area contributed by atoms with Crippen molar-refractivity contribution in [1.29, 1.82) is 0 Å². The maximum absolute atomic E-state index is 13.8. The van der Waals surface area contributed by atoms with Gasteiger partial charge in [0.25, 0.3) is 0 Å². The van der Waals surface area contributed by atoms with Gasteiger partial charge < -0.3 is 5.73 Å². The third kappa shape index (κ3) is 3.24. The molecule has 0 radical (unpaired) electrons. The predicted octanol–water partition coefficient (Wildman–Crippen LogP) is 1.50. The molecule has 1 rings (SSSR count). The second-order valence-electron chi connectivity index (χ2n) is 3.79. The van der Waals surface area contributed by atoms with Crippen molar-refractivity contribution < 1.29 is 17.2 Å². The van der Waals surface area contributed by atoms with E-state index in [1.165, 1.54) is 0 Å². The highest BCUT2D eigenvalue weighted by Crippen LogP contribution is 2.20. The smallest absolute Gasteiger partial charge is 0.243 e. The van der Waals surface area contributed by atoms with E-state index >= 15 is 0 Å². The molecule has 1 aromatic rings. The first kappa shape index (κ1) is 15.0. The number of sulfonamides is 1. The van der Waals surface area contributed by atoms with E-state index in [1.807, 2.05) is 6.92 Å².